The first-order valence-corrected chi connectivity index (χ1v) is 9.35. The molecule has 1 saturated heterocycles. The largest absolute Gasteiger partial charge is 0.359 e. The lowest BCUT2D eigenvalue weighted by atomic mass is 10.1. The summed E-state index contributed by atoms with van der Waals surface area (Å²) in [5, 5.41) is 0.700. The van der Waals surface area contributed by atoms with Crippen molar-refractivity contribution in [3.05, 3.63) is 27.7 Å². The van der Waals surface area contributed by atoms with Gasteiger partial charge in [-0.15, -0.1) is 0 Å². The molecular formula is C14H14FI2N5O. The first-order valence-electron chi connectivity index (χ1n) is 7.42. The molecule has 2 aliphatic heterocycles. The lowest BCUT2D eigenvalue weighted by molar-refractivity contribution is 0.370. The Balaban J connectivity index is 2.06. The minimum absolute atomic E-state index is 0.276. The molecule has 2 aliphatic rings. The highest BCUT2D eigenvalue weighted by atomic mass is 127. The van der Waals surface area contributed by atoms with E-state index in [0.717, 1.165) is 38.2 Å². The Bertz CT molecular complexity index is 871. The zero-order valence-corrected chi connectivity index (χ0v) is 16.7. The van der Waals surface area contributed by atoms with Crippen molar-refractivity contribution in [1.29, 1.82) is 0 Å². The summed E-state index contributed by atoms with van der Waals surface area (Å²) in [7, 11) is 0. The summed E-state index contributed by atoms with van der Waals surface area (Å²) in [5.41, 5.74) is 1.08. The van der Waals surface area contributed by atoms with E-state index in [4.69, 9.17) is 0 Å². The van der Waals surface area contributed by atoms with E-state index < -0.39 is 11.5 Å². The predicted octanol–water partition coefficient (Wildman–Crippen LogP) is 2.22. The fourth-order valence-corrected chi connectivity index (χ4v) is 4.70. The summed E-state index contributed by atoms with van der Waals surface area (Å²) in [5.74, 6) is 0.177. The van der Waals surface area contributed by atoms with Gasteiger partial charge in [-0.1, -0.05) is 0 Å². The molecule has 2 aromatic heterocycles. The molecule has 6 nitrogen and oxygen atoms in total. The van der Waals surface area contributed by atoms with E-state index in [-0.39, 0.29) is 6.04 Å². The van der Waals surface area contributed by atoms with Gasteiger partial charge in [0.15, 0.2) is 5.82 Å². The van der Waals surface area contributed by atoms with Gasteiger partial charge in [0.25, 0.3) is 0 Å². The van der Waals surface area contributed by atoms with E-state index in [0.29, 0.717) is 22.4 Å². The third-order valence-corrected chi connectivity index (χ3v) is 6.33. The summed E-state index contributed by atoms with van der Waals surface area (Å²) in [6, 6.07) is 0.276. The number of pyridine rings is 1. The van der Waals surface area contributed by atoms with Crippen LogP contribution in [0, 0.1) is 12.7 Å². The second kappa shape index (κ2) is 5.76. The van der Waals surface area contributed by atoms with Crippen LogP contribution in [-0.4, -0.2) is 41.5 Å². The molecule has 0 amide bonds. The molecule has 1 fully saturated rings. The fourth-order valence-electron chi connectivity index (χ4n) is 3.47. The van der Waals surface area contributed by atoms with Crippen molar-refractivity contribution in [2.45, 2.75) is 25.8 Å². The van der Waals surface area contributed by atoms with Crippen molar-refractivity contribution >= 4 is 62.4 Å². The number of aryl methyl sites for hydroxylation is 2. The van der Waals surface area contributed by atoms with Crippen LogP contribution < -0.4 is 10.6 Å². The van der Waals surface area contributed by atoms with Gasteiger partial charge >= 0.3 is 5.69 Å². The van der Waals surface area contributed by atoms with Gasteiger partial charge in [-0.2, -0.15) is 4.98 Å². The van der Waals surface area contributed by atoms with Crippen molar-refractivity contribution in [2.75, 3.05) is 24.5 Å². The number of piperazine rings is 1. The summed E-state index contributed by atoms with van der Waals surface area (Å²) < 4.78 is 18.2. The number of halogens is 3. The maximum Gasteiger partial charge on any atom is 0.359 e. The van der Waals surface area contributed by atoms with Gasteiger partial charge in [0.2, 0.25) is 0 Å². The van der Waals surface area contributed by atoms with Crippen molar-refractivity contribution in [3.63, 3.8) is 0 Å². The highest BCUT2D eigenvalue weighted by molar-refractivity contribution is 14.1. The van der Waals surface area contributed by atoms with E-state index in [1.54, 1.807) is 6.92 Å². The quantitative estimate of drug-likeness (QED) is 0.379. The summed E-state index contributed by atoms with van der Waals surface area (Å²) in [6.07, 6.45) is 1.70. The van der Waals surface area contributed by atoms with Crippen LogP contribution in [-0.2, 0) is 6.42 Å². The Morgan fingerprint density at radius 2 is 2.04 bits per heavy atom. The van der Waals surface area contributed by atoms with Crippen LogP contribution in [0.1, 0.15) is 17.8 Å². The molecule has 2 aromatic rings. The molecule has 0 aromatic carbocycles. The number of fused-ring (bicyclic) bond motifs is 2. The van der Waals surface area contributed by atoms with Crippen LogP contribution in [0.2, 0.25) is 0 Å². The standard InChI is InChI=1S/C14H14FI2N5O/c1-7-11(15)12-10-9(18-7)3-2-8-6-20(16)4-5-21(8)13(10)19-14(23)22(12)17/h8H,2-6H2,1H3. The third kappa shape index (κ3) is 2.46. The second-order valence-electron chi connectivity index (χ2n) is 5.94. The predicted molar refractivity (Wildman–Crippen MR) is 103 cm³/mol. The van der Waals surface area contributed by atoms with Crippen LogP contribution in [0.25, 0.3) is 10.9 Å². The molecule has 9 heteroatoms. The zero-order valence-electron chi connectivity index (χ0n) is 12.4. The Morgan fingerprint density at radius 1 is 1.26 bits per heavy atom. The molecule has 0 spiro atoms. The van der Waals surface area contributed by atoms with Crippen molar-refractivity contribution in [1.82, 2.24) is 15.9 Å². The average molecular weight is 541 g/mol. The van der Waals surface area contributed by atoms with Gasteiger partial charge in [-0.3, -0.25) is 4.98 Å². The molecule has 0 saturated carbocycles. The zero-order chi connectivity index (χ0) is 16.3. The second-order valence-corrected chi connectivity index (χ2v) is 8.26. The Morgan fingerprint density at radius 3 is 2.83 bits per heavy atom. The smallest absolute Gasteiger partial charge is 0.350 e. The fraction of sp³-hybridized carbons (Fsp3) is 0.500. The van der Waals surface area contributed by atoms with Gasteiger partial charge in [-0.05, 0) is 19.8 Å². The van der Waals surface area contributed by atoms with E-state index in [1.807, 2.05) is 22.9 Å². The molecule has 23 heavy (non-hydrogen) atoms. The van der Waals surface area contributed by atoms with Crippen LogP contribution in [0.3, 0.4) is 0 Å². The van der Waals surface area contributed by atoms with Gasteiger partial charge in [0, 0.05) is 48.5 Å². The molecule has 0 bridgehead atoms. The Labute approximate surface area is 160 Å². The molecule has 122 valence electrons. The minimum atomic E-state index is -0.430. The SMILES string of the molecule is Cc1nc2c3c(nc(=O)n(I)c3c1F)N1CCN(I)CC1CC2. The first-order chi connectivity index (χ1) is 11.0. The van der Waals surface area contributed by atoms with Crippen molar-refractivity contribution < 1.29 is 4.39 Å². The average Bonchev–Trinajstić information content (AvgIpc) is 2.65. The van der Waals surface area contributed by atoms with E-state index in [1.165, 1.54) is 2.78 Å². The summed E-state index contributed by atoms with van der Waals surface area (Å²) in [6.45, 7) is 4.24. The van der Waals surface area contributed by atoms with Gasteiger partial charge < -0.3 is 4.90 Å². The normalized spacial score (nSPS) is 21.4. The number of aromatic nitrogens is 3. The molecule has 0 aliphatic carbocycles. The summed E-state index contributed by atoms with van der Waals surface area (Å²) in [4.78, 5) is 23.2. The number of hydrogen-bond donors (Lipinski definition) is 0. The first kappa shape index (κ1) is 15.9. The van der Waals surface area contributed by atoms with Crippen LogP contribution in [0.4, 0.5) is 10.2 Å². The molecule has 0 N–H and O–H groups in total. The molecule has 1 atom stereocenters. The van der Waals surface area contributed by atoms with Gasteiger partial charge in [0.05, 0.1) is 39.6 Å². The van der Waals surface area contributed by atoms with Gasteiger partial charge in [0.1, 0.15) is 11.3 Å². The number of nitrogens with zero attached hydrogens (tertiary/aromatic N) is 5. The third-order valence-electron chi connectivity index (χ3n) is 4.56. The van der Waals surface area contributed by atoms with Gasteiger partial charge in [-0.25, -0.2) is 15.1 Å². The number of anilines is 1. The van der Waals surface area contributed by atoms with Crippen LogP contribution in [0.15, 0.2) is 4.79 Å². The molecule has 4 heterocycles. The Hall–Kier alpha value is -0.560. The highest BCUT2D eigenvalue weighted by Crippen LogP contribution is 2.36. The lowest BCUT2D eigenvalue weighted by Crippen LogP contribution is -2.50. The van der Waals surface area contributed by atoms with Crippen LogP contribution >= 0.6 is 45.7 Å². The summed E-state index contributed by atoms with van der Waals surface area (Å²) >= 11 is 4.16. The van der Waals surface area contributed by atoms with Crippen molar-refractivity contribution in [2.24, 2.45) is 0 Å². The number of hydrogen-bond acceptors (Lipinski definition) is 5. The van der Waals surface area contributed by atoms with E-state index >= 15 is 0 Å². The van der Waals surface area contributed by atoms with Crippen LogP contribution in [0.5, 0.6) is 0 Å². The molecule has 4 rings (SSSR count). The lowest BCUT2D eigenvalue weighted by Gasteiger charge is -2.39. The topological polar surface area (TPSA) is 54.3 Å². The van der Waals surface area contributed by atoms with E-state index in [2.05, 4.69) is 40.8 Å². The molecule has 0 radical (unpaired) electrons. The number of rotatable bonds is 0. The maximum absolute atomic E-state index is 14.7. The molecule has 1 unspecified atom stereocenters. The maximum atomic E-state index is 14.7. The monoisotopic (exact) mass is 541 g/mol. The van der Waals surface area contributed by atoms with Crippen molar-refractivity contribution in [3.8, 4) is 0 Å². The Kier molecular flexibility index (Phi) is 3.99. The minimum Gasteiger partial charge on any atom is -0.350 e. The molecular weight excluding hydrogens is 527 g/mol. The van der Waals surface area contributed by atoms with E-state index in [9.17, 15) is 9.18 Å². The highest BCUT2D eigenvalue weighted by Gasteiger charge is 2.33.